The van der Waals surface area contributed by atoms with Gasteiger partial charge >= 0.3 is 0 Å². The van der Waals surface area contributed by atoms with Crippen LogP contribution in [-0.4, -0.2) is 10.8 Å². The number of pyridine rings is 1. The molecule has 6 heteroatoms. The van der Waals surface area contributed by atoms with E-state index in [1.54, 1.807) is 23.5 Å². The van der Waals surface area contributed by atoms with Gasteiger partial charge in [-0.25, -0.2) is 0 Å². The zero-order chi connectivity index (χ0) is 11.5. The van der Waals surface area contributed by atoms with Gasteiger partial charge in [0.25, 0.3) is 0 Å². The Morgan fingerprint density at radius 1 is 1.41 bits per heavy atom. The standard InChI is InChI=1S/C11H12N3S2.HI/c1-15-11-10(9(13)8(7-12)16-11)14-5-3-2-4-6-14;/h2-6,10-11H,13H2,1H3;1H/q+1;/p-1. The molecule has 90 valence electrons. The number of nitrogens with zero attached hydrogens (tertiary/aromatic N) is 2. The van der Waals surface area contributed by atoms with Crippen LogP contribution in [0.1, 0.15) is 6.04 Å². The third kappa shape index (κ3) is 2.89. The van der Waals surface area contributed by atoms with Crippen LogP contribution in [0.4, 0.5) is 0 Å². The van der Waals surface area contributed by atoms with Crippen molar-refractivity contribution in [2.75, 3.05) is 6.26 Å². The van der Waals surface area contributed by atoms with Crippen LogP contribution in [0.15, 0.2) is 41.2 Å². The fraction of sp³-hybridized carbons (Fsp3) is 0.273. The largest absolute Gasteiger partial charge is 1.00 e. The molecular formula is C11H12IN3S2. The lowest BCUT2D eigenvalue weighted by atomic mass is 10.2. The van der Waals surface area contributed by atoms with Gasteiger partial charge in [-0.05, 0) is 6.26 Å². The lowest BCUT2D eigenvalue weighted by molar-refractivity contribution is -0.711. The summed E-state index contributed by atoms with van der Waals surface area (Å²) >= 11 is 3.28. The van der Waals surface area contributed by atoms with Crippen molar-refractivity contribution in [2.45, 2.75) is 10.6 Å². The van der Waals surface area contributed by atoms with Gasteiger partial charge in [-0.1, -0.05) is 17.8 Å². The number of nitrogens with two attached hydrogens (primary N) is 1. The van der Waals surface area contributed by atoms with Crippen molar-refractivity contribution in [3.63, 3.8) is 0 Å². The number of rotatable bonds is 2. The lowest BCUT2D eigenvalue weighted by Crippen LogP contribution is -3.00. The minimum absolute atomic E-state index is 0. The molecule has 0 aliphatic carbocycles. The molecule has 1 aliphatic heterocycles. The van der Waals surface area contributed by atoms with E-state index in [0.29, 0.717) is 10.6 Å². The van der Waals surface area contributed by atoms with Crippen molar-refractivity contribution in [1.82, 2.24) is 0 Å². The van der Waals surface area contributed by atoms with Crippen LogP contribution in [-0.2, 0) is 0 Å². The molecular weight excluding hydrogens is 365 g/mol. The molecule has 0 radical (unpaired) electrons. The first-order valence-corrected chi connectivity index (χ1v) is 6.99. The number of nitriles is 1. The topological polar surface area (TPSA) is 53.7 Å². The number of allylic oxidation sites excluding steroid dienone is 2. The van der Waals surface area contributed by atoms with Gasteiger partial charge in [0.1, 0.15) is 21.3 Å². The van der Waals surface area contributed by atoms with Crippen molar-refractivity contribution in [3.05, 3.63) is 41.2 Å². The summed E-state index contributed by atoms with van der Waals surface area (Å²) in [4.78, 5) is 0.653. The maximum absolute atomic E-state index is 8.99. The predicted molar refractivity (Wildman–Crippen MR) is 67.4 cm³/mol. The summed E-state index contributed by atoms with van der Waals surface area (Å²) in [6.45, 7) is 0. The molecule has 2 rings (SSSR count). The van der Waals surface area contributed by atoms with Gasteiger partial charge in [-0.15, -0.1) is 11.8 Å². The summed E-state index contributed by atoms with van der Waals surface area (Å²) < 4.78 is 2.34. The zero-order valence-electron chi connectivity index (χ0n) is 9.21. The van der Waals surface area contributed by atoms with Crippen molar-refractivity contribution >= 4 is 23.5 Å². The van der Waals surface area contributed by atoms with E-state index in [0.717, 1.165) is 0 Å². The van der Waals surface area contributed by atoms with Crippen LogP contribution in [0.5, 0.6) is 0 Å². The highest BCUT2D eigenvalue weighted by atomic mass is 127. The van der Waals surface area contributed by atoms with Gasteiger partial charge in [0.2, 0.25) is 6.04 Å². The molecule has 2 atom stereocenters. The predicted octanol–water partition coefficient (Wildman–Crippen LogP) is -1.35. The highest BCUT2D eigenvalue weighted by molar-refractivity contribution is 8.19. The van der Waals surface area contributed by atoms with E-state index < -0.39 is 0 Å². The Hall–Kier alpha value is -0.390. The molecule has 1 aromatic rings. The van der Waals surface area contributed by atoms with Gasteiger partial charge in [0.05, 0.1) is 0 Å². The van der Waals surface area contributed by atoms with E-state index in [2.05, 4.69) is 10.6 Å². The van der Waals surface area contributed by atoms with Crippen molar-refractivity contribution in [2.24, 2.45) is 5.73 Å². The van der Waals surface area contributed by atoms with Gasteiger partial charge in [-0.2, -0.15) is 9.83 Å². The van der Waals surface area contributed by atoms with E-state index in [4.69, 9.17) is 11.0 Å². The van der Waals surface area contributed by atoms with Crippen LogP contribution >= 0.6 is 23.5 Å². The number of halogens is 1. The van der Waals surface area contributed by atoms with E-state index in [9.17, 15) is 0 Å². The lowest BCUT2D eigenvalue weighted by Gasteiger charge is -2.12. The van der Waals surface area contributed by atoms with E-state index in [1.807, 2.05) is 36.8 Å². The normalized spacial score (nSPS) is 23.1. The fourth-order valence-corrected chi connectivity index (χ4v) is 3.87. The number of aromatic nitrogens is 1. The minimum atomic E-state index is 0. The Bertz CT molecular complexity index is 456. The first kappa shape index (κ1) is 14.7. The van der Waals surface area contributed by atoms with Crippen LogP contribution in [0, 0.1) is 11.3 Å². The summed E-state index contributed by atoms with van der Waals surface area (Å²) in [6, 6.07) is 8.16. The summed E-state index contributed by atoms with van der Waals surface area (Å²) in [6.07, 6.45) is 6.02. The third-order valence-electron chi connectivity index (χ3n) is 2.47. The second kappa shape index (κ2) is 6.52. The molecule has 2 N–H and O–H groups in total. The quantitative estimate of drug-likeness (QED) is 0.512. The molecule has 0 amide bonds. The second-order valence-corrected chi connectivity index (χ2v) is 5.82. The van der Waals surface area contributed by atoms with Crippen molar-refractivity contribution < 1.29 is 28.5 Å². The molecule has 0 spiro atoms. The maximum Gasteiger partial charge on any atom is 0.220 e. The molecule has 0 saturated carbocycles. The number of thioether (sulfide) groups is 2. The first-order chi connectivity index (χ1) is 7.77. The van der Waals surface area contributed by atoms with Crippen LogP contribution in [0.3, 0.4) is 0 Å². The van der Waals surface area contributed by atoms with Crippen LogP contribution < -0.4 is 34.3 Å². The monoisotopic (exact) mass is 377 g/mol. The Kier molecular flexibility index (Phi) is 5.62. The average Bonchev–Trinajstić information content (AvgIpc) is 2.66. The Morgan fingerprint density at radius 3 is 2.59 bits per heavy atom. The van der Waals surface area contributed by atoms with E-state index in [1.165, 1.54) is 0 Å². The minimum Gasteiger partial charge on any atom is -1.00 e. The maximum atomic E-state index is 8.99. The highest BCUT2D eigenvalue weighted by Crippen LogP contribution is 2.44. The fourth-order valence-electron chi connectivity index (χ4n) is 1.70. The number of hydrogen-bond acceptors (Lipinski definition) is 4. The molecule has 0 fully saturated rings. The molecule has 0 bridgehead atoms. The molecule has 0 saturated heterocycles. The van der Waals surface area contributed by atoms with Gasteiger partial charge in [0, 0.05) is 12.1 Å². The van der Waals surface area contributed by atoms with E-state index >= 15 is 0 Å². The third-order valence-corrected chi connectivity index (χ3v) is 5.11. The average molecular weight is 377 g/mol. The molecule has 2 heterocycles. The molecule has 1 aromatic heterocycles. The van der Waals surface area contributed by atoms with Crippen molar-refractivity contribution in [3.8, 4) is 6.07 Å². The summed E-state index contributed by atoms with van der Waals surface area (Å²) in [5, 5.41) is 8.99. The second-order valence-electron chi connectivity index (χ2n) is 3.39. The van der Waals surface area contributed by atoms with E-state index in [-0.39, 0.29) is 34.6 Å². The Balaban J connectivity index is 0.00000144. The van der Waals surface area contributed by atoms with Crippen molar-refractivity contribution in [1.29, 1.82) is 5.26 Å². The Labute approximate surface area is 126 Å². The molecule has 17 heavy (non-hydrogen) atoms. The summed E-state index contributed by atoms with van der Waals surface area (Å²) in [5.74, 6) is 0. The summed E-state index contributed by atoms with van der Waals surface area (Å²) in [5.41, 5.74) is 6.72. The van der Waals surface area contributed by atoms with Gasteiger partial charge in [0.15, 0.2) is 12.4 Å². The van der Waals surface area contributed by atoms with Gasteiger partial charge < -0.3 is 29.7 Å². The van der Waals surface area contributed by atoms with Crippen LogP contribution in [0.25, 0.3) is 0 Å². The van der Waals surface area contributed by atoms with Crippen LogP contribution in [0.2, 0.25) is 0 Å². The number of hydrogen-bond donors (Lipinski definition) is 1. The smallest absolute Gasteiger partial charge is 0.220 e. The highest BCUT2D eigenvalue weighted by Gasteiger charge is 2.40. The van der Waals surface area contributed by atoms with Gasteiger partial charge in [-0.3, -0.25) is 0 Å². The zero-order valence-corrected chi connectivity index (χ0v) is 13.0. The molecule has 3 nitrogen and oxygen atoms in total. The summed E-state index contributed by atoms with van der Waals surface area (Å²) in [7, 11) is 0. The first-order valence-electron chi connectivity index (χ1n) is 4.83. The Morgan fingerprint density at radius 2 is 2.06 bits per heavy atom. The SMILES string of the molecule is CSC1SC(C#N)=C(N)C1[n+]1ccccc1.[I-]. The molecule has 0 aromatic carbocycles. The molecule has 1 aliphatic rings. The molecule has 2 unspecified atom stereocenters.